The highest BCUT2D eigenvalue weighted by molar-refractivity contribution is 7.89. The van der Waals surface area contributed by atoms with Crippen molar-refractivity contribution < 1.29 is 32.2 Å². The number of carbonyl (C=O) groups excluding carboxylic acids is 2. The molecular weight excluding hydrogens is 450 g/mol. The first-order chi connectivity index (χ1) is 15.9. The maximum atomic E-state index is 12.4. The van der Waals surface area contributed by atoms with Gasteiger partial charge in [-0.15, -0.1) is 0 Å². The first kappa shape index (κ1) is 24.0. The molecule has 11 heteroatoms. The van der Waals surface area contributed by atoms with Crippen LogP contribution in [0.5, 0.6) is 11.5 Å². The molecule has 0 fully saturated rings. The maximum Gasteiger partial charge on any atom is 0.306 e. The second kappa shape index (κ2) is 11.3. The van der Waals surface area contributed by atoms with E-state index in [2.05, 4.69) is 4.72 Å². The van der Waals surface area contributed by atoms with Gasteiger partial charge in [0.05, 0.1) is 11.0 Å². The third kappa shape index (κ3) is 6.68. The third-order valence-electron chi connectivity index (χ3n) is 4.63. The molecule has 0 saturated heterocycles. The quantitative estimate of drug-likeness (QED) is 0.312. The van der Waals surface area contributed by atoms with Crippen LogP contribution < -0.4 is 19.1 Å². The fourth-order valence-electron chi connectivity index (χ4n) is 3.01. The number of carbonyl (C=O) groups is 2. The van der Waals surface area contributed by atoms with Gasteiger partial charge in [0.1, 0.15) is 19.8 Å². The zero-order chi connectivity index (χ0) is 23.7. The Morgan fingerprint density at radius 1 is 1.09 bits per heavy atom. The van der Waals surface area contributed by atoms with E-state index in [1.54, 1.807) is 30.3 Å². The Kier molecular flexibility index (Phi) is 8.23. The Morgan fingerprint density at radius 2 is 1.82 bits per heavy atom. The van der Waals surface area contributed by atoms with Crippen LogP contribution in [-0.4, -0.2) is 53.2 Å². The molecule has 10 nitrogen and oxygen atoms in total. The number of sulfonamides is 1. The summed E-state index contributed by atoms with van der Waals surface area (Å²) >= 11 is 0. The number of para-hydroxylation sites is 1. The fraction of sp³-hybridized carbons (Fsp3) is 0.318. The molecule has 1 amide bonds. The zero-order valence-corrected chi connectivity index (χ0v) is 18.5. The maximum absolute atomic E-state index is 12.4. The second-order valence-corrected chi connectivity index (χ2v) is 8.71. The predicted octanol–water partition coefficient (Wildman–Crippen LogP) is 1.62. The summed E-state index contributed by atoms with van der Waals surface area (Å²) in [6.45, 7) is 0.0561. The lowest BCUT2D eigenvalue weighted by atomic mass is 10.3. The summed E-state index contributed by atoms with van der Waals surface area (Å²) in [5.41, 5.74) is 0.522. The van der Waals surface area contributed by atoms with Gasteiger partial charge in [0.25, 0.3) is 5.91 Å². The highest BCUT2D eigenvalue weighted by Crippen LogP contribution is 2.32. The Bertz CT molecular complexity index is 1130. The van der Waals surface area contributed by atoms with Gasteiger partial charge in [0.2, 0.25) is 10.0 Å². The molecule has 2 aromatic carbocycles. The van der Waals surface area contributed by atoms with Crippen LogP contribution >= 0.6 is 0 Å². The molecule has 0 bridgehead atoms. The van der Waals surface area contributed by atoms with Crippen LogP contribution in [0.3, 0.4) is 0 Å². The lowest BCUT2D eigenvalue weighted by Crippen LogP contribution is -2.35. The van der Waals surface area contributed by atoms with Crippen molar-refractivity contribution in [2.45, 2.75) is 17.7 Å². The number of esters is 1. The molecule has 0 spiro atoms. The van der Waals surface area contributed by atoms with E-state index in [1.807, 2.05) is 6.07 Å². The summed E-state index contributed by atoms with van der Waals surface area (Å²) in [5.74, 6) is -0.335. The van der Waals surface area contributed by atoms with Gasteiger partial charge in [-0.3, -0.25) is 14.5 Å². The summed E-state index contributed by atoms with van der Waals surface area (Å²) < 4.78 is 43.1. The number of fused-ring (bicyclic) bond motifs is 1. The second-order valence-electron chi connectivity index (χ2n) is 6.94. The van der Waals surface area contributed by atoms with E-state index in [-0.39, 0.29) is 30.8 Å². The molecule has 1 heterocycles. The lowest BCUT2D eigenvalue weighted by molar-refractivity contribution is -0.147. The standard InChI is InChI=1S/C22H23N3O7S/c23-10-12-25(17-5-2-1-3-6-17)21(26)16-32-22(27)7-4-11-24-33(28,29)18-8-9-19-20(15-18)31-14-13-30-19/h1-3,5-6,8-9,15,24H,4,7,11-14,16H2. The molecule has 1 aliphatic rings. The minimum atomic E-state index is -3.79. The molecule has 174 valence electrons. The highest BCUT2D eigenvalue weighted by atomic mass is 32.2. The molecular formula is C22H23N3O7S. The Labute approximate surface area is 191 Å². The Balaban J connectivity index is 1.43. The Morgan fingerprint density at radius 3 is 2.55 bits per heavy atom. The normalized spacial score (nSPS) is 12.5. The van der Waals surface area contributed by atoms with Gasteiger partial charge < -0.3 is 14.2 Å². The molecule has 0 atom stereocenters. The van der Waals surface area contributed by atoms with Crippen LogP contribution in [0.1, 0.15) is 12.8 Å². The average Bonchev–Trinajstić information content (AvgIpc) is 2.84. The number of amides is 1. The van der Waals surface area contributed by atoms with Crippen molar-refractivity contribution in [3.05, 3.63) is 48.5 Å². The van der Waals surface area contributed by atoms with Crippen LogP contribution in [-0.2, 0) is 24.3 Å². The number of hydrogen-bond donors (Lipinski definition) is 1. The third-order valence-corrected chi connectivity index (χ3v) is 6.09. The first-order valence-corrected chi connectivity index (χ1v) is 11.7. The van der Waals surface area contributed by atoms with Crippen molar-refractivity contribution in [3.8, 4) is 17.6 Å². The van der Waals surface area contributed by atoms with E-state index in [0.29, 0.717) is 30.4 Å². The van der Waals surface area contributed by atoms with Crippen molar-refractivity contribution >= 4 is 27.6 Å². The topological polar surface area (TPSA) is 135 Å². The molecule has 0 aliphatic carbocycles. The van der Waals surface area contributed by atoms with Gasteiger partial charge >= 0.3 is 5.97 Å². The number of rotatable bonds is 10. The number of anilines is 1. The number of ether oxygens (including phenoxy) is 3. The fourth-order valence-corrected chi connectivity index (χ4v) is 4.10. The molecule has 0 aromatic heterocycles. The van der Waals surface area contributed by atoms with E-state index in [1.165, 1.54) is 23.1 Å². The molecule has 0 radical (unpaired) electrons. The minimum Gasteiger partial charge on any atom is -0.486 e. The summed E-state index contributed by atoms with van der Waals surface area (Å²) in [6.07, 6.45) is 0.0952. The van der Waals surface area contributed by atoms with Crippen molar-refractivity contribution in [1.82, 2.24) is 4.72 Å². The van der Waals surface area contributed by atoms with Gasteiger partial charge in [-0.05, 0) is 30.7 Å². The number of nitrogens with one attached hydrogen (secondary N) is 1. The molecule has 3 rings (SSSR count). The predicted molar refractivity (Wildman–Crippen MR) is 117 cm³/mol. The molecule has 0 saturated carbocycles. The zero-order valence-electron chi connectivity index (χ0n) is 17.7. The van der Waals surface area contributed by atoms with Gasteiger partial charge in [-0.1, -0.05) is 18.2 Å². The number of hydrogen-bond acceptors (Lipinski definition) is 8. The minimum absolute atomic E-state index is 0.00436. The monoisotopic (exact) mass is 473 g/mol. The van der Waals surface area contributed by atoms with Crippen molar-refractivity contribution in [3.63, 3.8) is 0 Å². The summed E-state index contributed by atoms with van der Waals surface area (Å²) in [7, 11) is -3.79. The molecule has 0 unspecified atom stereocenters. The molecule has 33 heavy (non-hydrogen) atoms. The highest BCUT2D eigenvalue weighted by Gasteiger charge is 2.20. The van der Waals surface area contributed by atoms with Gasteiger partial charge in [0.15, 0.2) is 18.1 Å². The first-order valence-electron chi connectivity index (χ1n) is 10.2. The molecule has 1 aliphatic heterocycles. The van der Waals surface area contributed by atoms with Gasteiger partial charge in [0, 0.05) is 24.7 Å². The van der Waals surface area contributed by atoms with Crippen LogP contribution in [0.4, 0.5) is 5.69 Å². The number of nitriles is 1. The van der Waals surface area contributed by atoms with Crippen molar-refractivity contribution in [2.75, 3.05) is 37.8 Å². The lowest BCUT2D eigenvalue weighted by Gasteiger charge is -2.19. The van der Waals surface area contributed by atoms with Gasteiger partial charge in [-0.2, -0.15) is 5.26 Å². The SMILES string of the molecule is N#CCN(C(=O)COC(=O)CCCNS(=O)(=O)c1ccc2c(c1)OCCO2)c1ccccc1. The smallest absolute Gasteiger partial charge is 0.306 e. The summed E-state index contributed by atoms with van der Waals surface area (Å²) in [4.78, 5) is 25.5. The average molecular weight is 474 g/mol. The van der Waals surface area contributed by atoms with Gasteiger partial charge in [-0.25, -0.2) is 13.1 Å². The van der Waals surface area contributed by atoms with Crippen LogP contribution in [0.15, 0.2) is 53.4 Å². The van der Waals surface area contributed by atoms with E-state index in [4.69, 9.17) is 19.5 Å². The Hall–Kier alpha value is -3.62. The summed E-state index contributed by atoms with van der Waals surface area (Å²) in [6, 6.07) is 14.8. The van der Waals surface area contributed by atoms with Crippen LogP contribution in [0, 0.1) is 11.3 Å². The van der Waals surface area contributed by atoms with Crippen LogP contribution in [0.25, 0.3) is 0 Å². The van der Waals surface area contributed by atoms with E-state index < -0.39 is 28.5 Å². The van der Waals surface area contributed by atoms with Crippen molar-refractivity contribution in [2.24, 2.45) is 0 Å². The van der Waals surface area contributed by atoms with Crippen molar-refractivity contribution in [1.29, 1.82) is 5.26 Å². The number of nitrogens with zero attached hydrogens (tertiary/aromatic N) is 2. The van der Waals surface area contributed by atoms with E-state index in [9.17, 15) is 18.0 Å². The largest absolute Gasteiger partial charge is 0.486 e. The molecule has 1 N–H and O–H groups in total. The molecule has 2 aromatic rings. The van der Waals surface area contributed by atoms with E-state index in [0.717, 1.165) is 0 Å². The number of benzene rings is 2. The van der Waals surface area contributed by atoms with E-state index >= 15 is 0 Å². The van der Waals surface area contributed by atoms with Crippen LogP contribution in [0.2, 0.25) is 0 Å². The summed E-state index contributed by atoms with van der Waals surface area (Å²) in [5, 5.41) is 8.95.